The zero-order valence-corrected chi connectivity index (χ0v) is 13.8. The van der Waals surface area contributed by atoms with Gasteiger partial charge in [0.05, 0.1) is 0 Å². The standard InChI is InChI=1S/C16H19NO5S/c1-10(9-23-11(2)18)15(19)17-8-13-6-4-3-5-12(13)7-14(17)22-16(20)21/h3-6,10,14H,7-9H2,1-2H3,(H,20,21). The Balaban J connectivity index is 2.17. The molecule has 1 N–H and O–H groups in total. The van der Waals surface area contributed by atoms with Gasteiger partial charge in [-0.25, -0.2) is 4.79 Å². The van der Waals surface area contributed by atoms with Gasteiger partial charge in [0.15, 0.2) is 11.3 Å². The van der Waals surface area contributed by atoms with Crippen molar-refractivity contribution in [1.29, 1.82) is 0 Å². The Hall–Kier alpha value is -2.02. The van der Waals surface area contributed by atoms with E-state index in [0.29, 0.717) is 18.7 Å². The summed E-state index contributed by atoms with van der Waals surface area (Å²) in [6.45, 7) is 3.49. The van der Waals surface area contributed by atoms with Crippen LogP contribution in [0.4, 0.5) is 4.79 Å². The molecule has 0 spiro atoms. The maximum absolute atomic E-state index is 12.6. The number of amides is 1. The third-order valence-electron chi connectivity index (χ3n) is 3.68. The van der Waals surface area contributed by atoms with Crippen molar-refractivity contribution in [1.82, 2.24) is 4.90 Å². The molecule has 1 heterocycles. The molecule has 0 bridgehead atoms. The van der Waals surface area contributed by atoms with Crippen LogP contribution in [0.3, 0.4) is 0 Å². The molecule has 0 saturated heterocycles. The van der Waals surface area contributed by atoms with Gasteiger partial charge in [-0.05, 0) is 11.1 Å². The minimum absolute atomic E-state index is 0.0491. The first-order valence-electron chi connectivity index (χ1n) is 7.28. The van der Waals surface area contributed by atoms with Crippen LogP contribution in [-0.2, 0) is 27.3 Å². The number of benzene rings is 1. The van der Waals surface area contributed by atoms with Crippen LogP contribution < -0.4 is 0 Å². The predicted molar refractivity (Wildman–Crippen MR) is 85.9 cm³/mol. The average Bonchev–Trinajstić information content (AvgIpc) is 2.50. The minimum Gasteiger partial charge on any atom is -0.450 e. The quantitative estimate of drug-likeness (QED) is 0.850. The van der Waals surface area contributed by atoms with E-state index in [-0.39, 0.29) is 11.0 Å². The summed E-state index contributed by atoms with van der Waals surface area (Å²) in [5.41, 5.74) is 1.96. The van der Waals surface area contributed by atoms with Crippen LogP contribution >= 0.6 is 11.8 Å². The van der Waals surface area contributed by atoms with Crippen LogP contribution in [0.1, 0.15) is 25.0 Å². The highest BCUT2D eigenvalue weighted by Crippen LogP contribution is 2.26. The molecule has 1 aliphatic heterocycles. The lowest BCUT2D eigenvalue weighted by atomic mass is 9.97. The molecule has 0 radical (unpaired) electrons. The maximum Gasteiger partial charge on any atom is 0.507 e. The number of nitrogens with zero attached hydrogens (tertiary/aromatic N) is 1. The molecule has 2 unspecified atom stereocenters. The Morgan fingerprint density at radius 1 is 1.35 bits per heavy atom. The van der Waals surface area contributed by atoms with E-state index in [1.165, 1.54) is 11.8 Å². The third kappa shape index (κ3) is 4.48. The van der Waals surface area contributed by atoms with Gasteiger partial charge >= 0.3 is 6.16 Å². The molecule has 1 amide bonds. The van der Waals surface area contributed by atoms with E-state index in [9.17, 15) is 14.4 Å². The zero-order chi connectivity index (χ0) is 17.0. The van der Waals surface area contributed by atoms with Crippen molar-refractivity contribution in [3.63, 3.8) is 0 Å². The molecule has 7 heteroatoms. The van der Waals surface area contributed by atoms with Crippen molar-refractivity contribution in [3.8, 4) is 0 Å². The number of ether oxygens (including phenoxy) is 1. The summed E-state index contributed by atoms with van der Waals surface area (Å²) in [6, 6.07) is 7.58. The molecule has 124 valence electrons. The van der Waals surface area contributed by atoms with Gasteiger partial charge in [0.2, 0.25) is 5.91 Å². The Morgan fingerprint density at radius 2 is 2.00 bits per heavy atom. The Labute approximate surface area is 138 Å². The number of hydrogen-bond donors (Lipinski definition) is 1. The molecule has 1 aliphatic rings. The topological polar surface area (TPSA) is 83.9 Å². The second-order valence-electron chi connectivity index (χ2n) is 5.48. The summed E-state index contributed by atoms with van der Waals surface area (Å²) < 4.78 is 4.91. The summed E-state index contributed by atoms with van der Waals surface area (Å²) in [6.07, 6.45) is -1.90. The van der Waals surface area contributed by atoms with E-state index in [1.807, 2.05) is 24.3 Å². The van der Waals surface area contributed by atoms with E-state index >= 15 is 0 Å². The molecule has 6 nitrogen and oxygen atoms in total. The van der Waals surface area contributed by atoms with Crippen LogP contribution in [0, 0.1) is 5.92 Å². The fourth-order valence-corrected chi connectivity index (χ4v) is 3.16. The summed E-state index contributed by atoms with van der Waals surface area (Å²) in [5.74, 6) is -0.236. The van der Waals surface area contributed by atoms with Crippen LogP contribution in [-0.4, -0.2) is 39.2 Å². The number of carbonyl (C=O) groups is 3. The molecule has 0 aliphatic carbocycles. The van der Waals surface area contributed by atoms with Gasteiger partial charge in [0, 0.05) is 31.6 Å². The summed E-state index contributed by atoms with van der Waals surface area (Å²) in [4.78, 5) is 36.1. The number of fused-ring (bicyclic) bond motifs is 1. The highest BCUT2D eigenvalue weighted by Gasteiger charge is 2.34. The molecular formula is C16H19NO5S. The maximum atomic E-state index is 12.6. The molecule has 23 heavy (non-hydrogen) atoms. The number of carbonyl (C=O) groups excluding carboxylic acids is 2. The molecule has 2 atom stereocenters. The number of carboxylic acid groups (broad SMARTS) is 1. The van der Waals surface area contributed by atoms with Gasteiger partial charge in [-0.1, -0.05) is 43.0 Å². The second kappa shape index (κ2) is 7.50. The number of rotatable bonds is 4. The first-order chi connectivity index (χ1) is 10.9. The van der Waals surface area contributed by atoms with Crippen LogP contribution in [0.25, 0.3) is 0 Å². The summed E-state index contributed by atoms with van der Waals surface area (Å²) in [5, 5.41) is 8.87. The monoisotopic (exact) mass is 337 g/mol. The van der Waals surface area contributed by atoms with Gasteiger partial charge in [-0.3, -0.25) is 9.59 Å². The zero-order valence-electron chi connectivity index (χ0n) is 13.0. The predicted octanol–water partition coefficient (Wildman–Crippen LogP) is 2.51. The normalized spacial score (nSPS) is 18.0. The SMILES string of the molecule is CC(=O)SCC(C)C(=O)N1Cc2ccccc2CC1OC(=O)O. The van der Waals surface area contributed by atoms with Crippen LogP contribution in [0.15, 0.2) is 24.3 Å². The fraction of sp³-hybridized carbons (Fsp3) is 0.438. The largest absolute Gasteiger partial charge is 0.507 e. The highest BCUT2D eigenvalue weighted by atomic mass is 32.2. The smallest absolute Gasteiger partial charge is 0.450 e. The van der Waals surface area contributed by atoms with E-state index in [1.54, 1.807) is 6.92 Å². The molecule has 1 aromatic carbocycles. The number of thioether (sulfide) groups is 1. The average molecular weight is 337 g/mol. The van der Waals surface area contributed by atoms with Gasteiger partial charge in [-0.15, -0.1) is 0 Å². The van der Waals surface area contributed by atoms with Gasteiger partial charge in [0.25, 0.3) is 0 Å². The summed E-state index contributed by atoms with van der Waals surface area (Å²) in [7, 11) is 0. The van der Waals surface area contributed by atoms with Crippen molar-refractivity contribution in [2.75, 3.05) is 5.75 Å². The number of hydrogen-bond acceptors (Lipinski definition) is 5. The first kappa shape index (κ1) is 17.3. The van der Waals surface area contributed by atoms with E-state index in [0.717, 1.165) is 22.9 Å². The highest BCUT2D eigenvalue weighted by molar-refractivity contribution is 8.13. The lowest BCUT2D eigenvalue weighted by Gasteiger charge is -2.36. The minimum atomic E-state index is -1.40. The van der Waals surface area contributed by atoms with Crippen LogP contribution in [0.2, 0.25) is 0 Å². The van der Waals surface area contributed by atoms with Gasteiger partial charge in [-0.2, -0.15) is 0 Å². The summed E-state index contributed by atoms with van der Waals surface area (Å²) >= 11 is 1.09. The van der Waals surface area contributed by atoms with Crippen molar-refractivity contribution in [2.24, 2.45) is 5.92 Å². The van der Waals surface area contributed by atoms with Crippen LogP contribution in [0.5, 0.6) is 0 Å². The Morgan fingerprint density at radius 3 is 2.61 bits per heavy atom. The van der Waals surface area contributed by atoms with E-state index in [2.05, 4.69) is 0 Å². The molecular weight excluding hydrogens is 318 g/mol. The lowest BCUT2D eigenvalue weighted by Crippen LogP contribution is -2.48. The molecule has 0 saturated carbocycles. The van der Waals surface area contributed by atoms with Gasteiger partial charge in [0.1, 0.15) is 0 Å². The van der Waals surface area contributed by atoms with Gasteiger partial charge < -0.3 is 14.7 Å². The third-order valence-corrected chi connectivity index (χ3v) is 4.75. The molecule has 0 fully saturated rings. The van der Waals surface area contributed by atoms with Crippen molar-refractivity contribution >= 4 is 28.9 Å². The van der Waals surface area contributed by atoms with Crippen molar-refractivity contribution in [2.45, 2.75) is 33.0 Å². The fourth-order valence-electron chi connectivity index (χ4n) is 2.53. The Kier molecular flexibility index (Phi) is 5.65. The first-order valence-corrected chi connectivity index (χ1v) is 8.27. The molecule has 0 aromatic heterocycles. The van der Waals surface area contributed by atoms with Crippen molar-refractivity contribution < 1.29 is 24.2 Å². The van der Waals surface area contributed by atoms with E-state index < -0.39 is 18.3 Å². The molecule has 2 rings (SSSR count). The second-order valence-corrected chi connectivity index (χ2v) is 6.68. The Bertz CT molecular complexity index is 618. The molecule has 1 aromatic rings. The van der Waals surface area contributed by atoms with Crippen molar-refractivity contribution in [3.05, 3.63) is 35.4 Å². The van der Waals surface area contributed by atoms with E-state index in [4.69, 9.17) is 9.84 Å². The lowest BCUT2D eigenvalue weighted by molar-refractivity contribution is -0.148.